The van der Waals surface area contributed by atoms with Crippen LogP contribution in [-0.4, -0.2) is 29.6 Å². The molecule has 1 aromatic rings. The number of pyridine rings is 1. The zero-order chi connectivity index (χ0) is 9.10. The minimum Gasteiger partial charge on any atom is -0.355 e. The first-order valence-electron chi connectivity index (χ1n) is 4.30. The van der Waals surface area contributed by atoms with Crippen molar-refractivity contribution in [2.45, 2.75) is 0 Å². The first-order valence-corrected chi connectivity index (χ1v) is 6.54. The monoisotopic (exact) mass is 306 g/mol. The summed E-state index contributed by atoms with van der Waals surface area (Å²) in [4.78, 5) is 6.76. The molecule has 1 saturated heterocycles. The van der Waals surface area contributed by atoms with Gasteiger partial charge in [0.05, 0.1) is 0 Å². The Hall–Kier alpha value is 0.0300. The van der Waals surface area contributed by atoms with E-state index in [2.05, 4.69) is 44.6 Å². The van der Waals surface area contributed by atoms with E-state index in [4.69, 9.17) is 0 Å². The molecule has 0 amide bonds. The van der Waals surface area contributed by atoms with E-state index in [1.54, 1.807) is 0 Å². The van der Waals surface area contributed by atoms with Gasteiger partial charge in [-0.15, -0.1) is 0 Å². The Morgan fingerprint density at radius 3 is 2.69 bits per heavy atom. The topological polar surface area (TPSA) is 16.1 Å². The average Bonchev–Trinajstić information content (AvgIpc) is 2.20. The van der Waals surface area contributed by atoms with Crippen LogP contribution in [0.3, 0.4) is 0 Å². The molecule has 2 nitrogen and oxygen atoms in total. The number of hydrogen-bond acceptors (Lipinski definition) is 3. The highest BCUT2D eigenvalue weighted by Gasteiger charge is 2.11. The summed E-state index contributed by atoms with van der Waals surface area (Å²) >= 11 is 4.31. The molecule has 13 heavy (non-hydrogen) atoms. The summed E-state index contributed by atoms with van der Waals surface area (Å²) in [5.74, 6) is 3.59. The maximum atomic E-state index is 4.41. The Labute approximate surface area is 96.2 Å². The van der Waals surface area contributed by atoms with Crippen LogP contribution in [0.25, 0.3) is 0 Å². The third kappa shape index (κ3) is 2.49. The Morgan fingerprint density at radius 1 is 1.31 bits per heavy atom. The molecule has 0 spiro atoms. The number of aromatic nitrogens is 1. The van der Waals surface area contributed by atoms with Crippen LogP contribution in [-0.2, 0) is 0 Å². The largest absolute Gasteiger partial charge is 0.355 e. The lowest BCUT2D eigenvalue weighted by Crippen LogP contribution is -2.32. The van der Waals surface area contributed by atoms with Crippen LogP contribution in [0.4, 0.5) is 5.82 Å². The average molecular weight is 306 g/mol. The van der Waals surface area contributed by atoms with Crippen LogP contribution in [0, 0.1) is 3.57 Å². The molecule has 1 aliphatic rings. The number of hydrogen-bond donors (Lipinski definition) is 0. The smallest absolute Gasteiger partial charge is 0.128 e. The minimum atomic E-state index is 1.13. The maximum absolute atomic E-state index is 4.41. The van der Waals surface area contributed by atoms with Gasteiger partial charge in [-0.05, 0) is 34.7 Å². The van der Waals surface area contributed by atoms with Crippen LogP contribution in [0.1, 0.15) is 0 Å². The first kappa shape index (κ1) is 9.58. The Morgan fingerprint density at radius 2 is 2.08 bits per heavy atom. The van der Waals surface area contributed by atoms with Gasteiger partial charge in [0.1, 0.15) is 5.82 Å². The second-order valence-electron chi connectivity index (χ2n) is 2.93. The summed E-state index contributed by atoms with van der Waals surface area (Å²) in [5.41, 5.74) is 0. The predicted octanol–water partition coefficient (Wildman–Crippen LogP) is 2.24. The summed E-state index contributed by atoms with van der Waals surface area (Å²) in [5, 5.41) is 0. The lowest BCUT2D eigenvalue weighted by molar-refractivity contribution is 0.839. The zero-order valence-electron chi connectivity index (χ0n) is 7.24. The van der Waals surface area contributed by atoms with Gasteiger partial charge in [0.15, 0.2) is 0 Å². The van der Waals surface area contributed by atoms with Crippen LogP contribution < -0.4 is 4.90 Å². The van der Waals surface area contributed by atoms with E-state index < -0.39 is 0 Å². The molecule has 1 aromatic heterocycles. The normalized spacial score (nSPS) is 17.5. The zero-order valence-corrected chi connectivity index (χ0v) is 10.2. The fraction of sp³-hybridized carbons (Fsp3) is 0.444. The number of anilines is 1. The van der Waals surface area contributed by atoms with Crippen LogP contribution >= 0.6 is 34.4 Å². The minimum absolute atomic E-state index is 1.13. The van der Waals surface area contributed by atoms with Crippen molar-refractivity contribution in [1.82, 2.24) is 4.98 Å². The molecule has 0 unspecified atom stereocenters. The maximum Gasteiger partial charge on any atom is 0.128 e. The predicted molar refractivity (Wildman–Crippen MR) is 66.5 cm³/mol. The summed E-state index contributed by atoms with van der Waals surface area (Å²) < 4.78 is 1.20. The molecular weight excluding hydrogens is 295 g/mol. The first-order chi connectivity index (χ1) is 6.36. The summed E-state index contributed by atoms with van der Waals surface area (Å²) in [6, 6.07) is 4.22. The molecule has 2 heterocycles. The van der Waals surface area contributed by atoms with Crippen molar-refractivity contribution in [3.63, 3.8) is 0 Å². The molecule has 4 heteroatoms. The van der Waals surface area contributed by atoms with E-state index in [0.717, 1.165) is 18.9 Å². The number of halogens is 1. The quantitative estimate of drug-likeness (QED) is 0.740. The van der Waals surface area contributed by atoms with Crippen molar-refractivity contribution in [2.24, 2.45) is 0 Å². The van der Waals surface area contributed by atoms with Gasteiger partial charge in [-0.1, -0.05) is 0 Å². The Balaban J connectivity index is 2.10. The lowest BCUT2D eigenvalue weighted by atomic mass is 10.4. The van der Waals surface area contributed by atoms with Gasteiger partial charge in [-0.25, -0.2) is 4.98 Å². The van der Waals surface area contributed by atoms with Gasteiger partial charge < -0.3 is 4.90 Å². The van der Waals surface area contributed by atoms with Gasteiger partial charge in [-0.2, -0.15) is 11.8 Å². The molecule has 0 radical (unpaired) electrons. The van der Waals surface area contributed by atoms with Crippen LogP contribution in [0.15, 0.2) is 18.3 Å². The Kier molecular flexibility index (Phi) is 3.32. The van der Waals surface area contributed by atoms with Gasteiger partial charge in [-0.3, -0.25) is 0 Å². The van der Waals surface area contributed by atoms with Gasteiger partial charge in [0.2, 0.25) is 0 Å². The molecule has 1 fully saturated rings. The van der Waals surface area contributed by atoms with Gasteiger partial charge in [0.25, 0.3) is 0 Å². The third-order valence-corrected chi connectivity index (χ3v) is 3.63. The molecule has 0 aromatic carbocycles. The molecule has 0 N–H and O–H groups in total. The highest BCUT2D eigenvalue weighted by atomic mass is 127. The molecule has 70 valence electrons. The lowest BCUT2D eigenvalue weighted by Gasteiger charge is -2.27. The van der Waals surface area contributed by atoms with Crippen molar-refractivity contribution in [2.75, 3.05) is 29.5 Å². The van der Waals surface area contributed by atoms with E-state index in [9.17, 15) is 0 Å². The van der Waals surface area contributed by atoms with Crippen molar-refractivity contribution >= 4 is 40.2 Å². The highest BCUT2D eigenvalue weighted by Crippen LogP contribution is 2.17. The van der Waals surface area contributed by atoms with Crippen molar-refractivity contribution in [1.29, 1.82) is 0 Å². The molecule has 1 aliphatic heterocycles. The van der Waals surface area contributed by atoms with E-state index in [1.165, 1.54) is 15.1 Å². The molecule has 0 aliphatic carbocycles. The van der Waals surface area contributed by atoms with Crippen LogP contribution in [0.2, 0.25) is 0 Å². The van der Waals surface area contributed by atoms with Crippen molar-refractivity contribution < 1.29 is 0 Å². The van der Waals surface area contributed by atoms with E-state index in [-0.39, 0.29) is 0 Å². The molecule has 2 rings (SSSR count). The fourth-order valence-electron chi connectivity index (χ4n) is 1.35. The van der Waals surface area contributed by atoms with E-state index >= 15 is 0 Å². The van der Waals surface area contributed by atoms with Crippen LogP contribution in [0.5, 0.6) is 0 Å². The number of rotatable bonds is 1. The highest BCUT2D eigenvalue weighted by molar-refractivity contribution is 14.1. The third-order valence-electron chi connectivity index (χ3n) is 2.05. The second kappa shape index (κ2) is 4.50. The molecule has 0 bridgehead atoms. The Bertz CT molecular complexity index is 269. The van der Waals surface area contributed by atoms with Gasteiger partial charge >= 0.3 is 0 Å². The summed E-state index contributed by atoms with van der Waals surface area (Å²) in [7, 11) is 0. The van der Waals surface area contributed by atoms with Gasteiger partial charge in [0, 0.05) is 34.4 Å². The number of nitrogens with zero attached hydrogens (tertiary/aromatic N) is 2. The molecule has 0 atom stereocenters. The standard InChI is InChI=1S/C9H11IN2S/c10-8-1-2-9(11-7-8)12-3-5-13-6-4-12/h1-2,7H,3-6H2. The number of thioether (sulfide) groups is 1. The summed E-state index contributed by atoms with van der Waals surface area (Å²) in [6.07, 6.45) is 1.93. The molecule has 0 saturated carbocycles. The fourth-order valence-corrected chi connectivity index (χ4v) is 2.57. The van der Waals surface area contributed by atoms with Crippen molar-refractivity contribution in [3.05, 3.63) is 21.9 Å². The summed E-state index contributed by atoms with van der Waals surface area (Å²) in [6.45, 7) is 2.27. The van der Waals surface area contributed by atoms with E-state index in [0.29, 0.717) is 0 Å². The SMILES string of the molecule is Ic1ccc(N2CCSCC2)nc1. The second-order valence-corrected chi connectivity index (χ2v) is 5.40. The van der Waals surface area contributed by atoms with Crippen molar-refractivity contribution in [3.8, 4) is 0 Å². The molecular formula is C9H11IN2S. The van der Waals surface area contributed by atoms with E-state index in [1.807, 2.05) is 18.0 Å².